The fourth-order valence-corrected chi connectivity index (χ4v) is 0.549. The number of hydrogen-bond acceptors (Lipinski definition) is 5. The van der Waals surface area contributed by atoms with Crippen LogP contribution in [0.5, 0.6) is 0 Å². The molecular weight excluding hydrogens is 160 g/mol. The van der Waals surface area contributed by atoms with Crippen molar-refractivity contribution in [2.75, 3.05) is 13.7 Å². The first-order valence-electron chi connectivity index (χ1n) is 3.38. The summed E-state index contributed by atoms with van der Waals surface area (Å²) in [4.78, 5) is 11.0. The minimum Gasteiger partial charge on any atom is -0.482 e. The van der Waals surface area contributed by atoms with Crippen LogP contribution in [0.4, 0.5) is 0 Å². The third kappa shape index (κ3) is 2.61. The lowest BCUT2D eigenvalue weighted by molar-refractivity contribution is -0.138. The van der Waals surface area contributed by atoms with E-state index in [4.69, 9.17) is 11.1 Å². The maximum absolute atomic E-state index is 11.0. The molecule has 0 radical (unpaired) electrons. The van der Waals surface area contributed by atoms with E-state index < -0.39 is 5.97 Å². The van der Waals surface area contributed by atoms with Crippen LogP contribution >= 0.6 is 0 Å². The van der Waals surface area contributed by atoms with E-state index in [1.165, 1.54) is 7.11 Å². The Balaban J connectivity index is 4.55. The summed E-state index contributed by atoms with van der Waals surface area (Å²) in [6.45, 7) is 1.91. The van der Waals surface area contributed by atoms with Crippen molar-refractivity contribution in [1.82, 2.24) is 0 Å². The van der Waals surface area contributed by atoms with Crippen molar-refractivity contribution in [3.05, 3.63) is 11.5 Å². The van der Waals surface area contributed by atoms with E-state index in [-0.39, 0.29) is 18.1 Å². The van der Waals surface area contributed by atoms with Crippen LogP contribution in [0.1, 0.15) is 6.92 Å². The minimum atomic E-state index is -0.646. The number of rotatable bonds is 4. The summed E-state index contributed by atoms with van der Waals surface area (Å²) >= 11 is 0. The summed E-state index contributed by atoms with van der Waals surface area (Å²) in [6, 6.07) is 0. The first-order valence-corrected chi connectivity index (χ1v) is 3.38. The molecule has 0 saturated heterocycles. The highest BCUT2D eigenvalue weighted by Crippen LogP contribution is 1.99. The first-order chi connectivity index (χ1) is 5.67. The fraction of sp³-hybridized carbons (Fsp3) is 0.429. The third-order valence-corrected chi connectivity index (χ3v) is 1.13. The Labute approximate surface area is 70.7 Å². The van der Waals surface area contributed by atoms with Gasteiger partial charge in [0.2, 0.25) is 0 Å². The lowest BCUT2D eigenvalue weighted by atomic mass is 10.3. The SMILES string of the molecule is CCOC(=O)C(C=N)=C(N)OC. The largest absolute Gasteiger partial charge is 0.482 e. The van der Waals surface area contributed by atoms with Crippen LogP contribution in [0.3, 0.4) is 0 Å². The zero-order valence-corrected chi connectivity index (χ0v) is 7.09. The average molecular weight is 172 g/mol. The Morgan fingerprint density at radius 3 is 2.58 bits per heavy atom. The molecule has 0 saturated carbocycles. The molecule has 0 aliphatic rings. The third-order valence-electron chi connectivity index (χ3n) is 1.13. The summed E-state index contributed by atoms with van der Waals surface area (Å²) in [5.74, 6) is -0.754. The molecule has 0 aromatic rings. The predicted molar refractivity (Wildman–Crippen MR) is 43.6 cm³/mol. The molecule has 0 amide bonds. The highest BCUT2D eigenvalue weighted by atomic mass is 16.5. The zero-order chi connectivity index (χ0) is 9.56. The second kappa shape index (κ2) is 5.17. The van der Waals surface area contributed by atoms with E-state index in [0.29, 0.717) is 0 Å². The van der Waals surface area contributed by atoms with Crippen molar-refractivity contribution in [1.29, 1.82) is 5.41 Å². The molecule has 0 rings (SSSR count). The molecule has 0 fully saturated rings. The summed E-state index contributed by atoms with van der Waals surface area (Å²) in [7, 11) is 1.32. The highest BCUT2D eigenvalue weighted by Gasteiger charge is 2.12. The van der Waals surface area contributed by atoms with Crippen LogP contribution in [-0.2, 0) is 14.3 Å². The maximum Gasteiger partial charge on any atom is 0.345 e. The number of carbonyl (C=O) groups excluding carboxylic acids is 1. The van der Waals surface area contributed by atoms with E-state index in [9.17, 15) is 4.79 Å². The van der Waals surface area contributed by atoms with Gasteiger partial charge in [0.15, 0.2) is 5.88 Å². The number of esters is 1. The number of ether oxygens (including phenoxy) is 2. The molecule has 5 nitrogen and oxygen atoms in total. The summed E-state index contributed by atoms with van der Waals surface area (Å²) in [5.41, 5.74) is 5.19. The van der Waals surface area contributed by atoms with Gasteiger partial charge in [0.25, 0.3) is 0 Å². The molecule has 0 atom stereocenters. The number of nitrogens with one attached hydrogen (secondary N) is 1. The summed E-state index contributed by atoms with van der Waals surface area (Å²) in [5, 5.41) is 6.86. The van der Waals surface area contributed by atoms with Gasteiger partial charge in [-0.1, -0.05) is 0 Å². The molecule has 0 aromatic heterocycles. The van der Waals surface area contributed by atoms with Gasteiger partial charge >= 0.3 is 5.97 Å². The van der Waals surface area contributed by atoms with Crippen molar-refractivity contribution in [2.24, 2.45) is 5.73 Å². The second-order valence-electron chi connectivity index (χ2n) is 1.85. The van der Waals surface area contributed by atoms with Crippen LogP contribution < -0.4 is 5.73 Å². The minimum absolute atomic E-state index is 0.0700. The van der Waals surface area contributed by atoms with Gasteiger partial charge in [0.05, 0.1) is 13.7 Å². The van der Waals surface area contributed by atoms with Crippen LogP contribution in [0.25, 0.3) is 0 Å². The van der Waals surface area contributed by atoms with Crippen molar-refractivity contribution in [2.45, 2.75) is 6.92 Å². The topological polar surface area (TPSA) is 85.4 Å². The Morgan fingerprint density at radius 2 is 2.25 bits per heavy atom. The maximum atomic E-state index is 11.0. The van der Waals surface area contributed by atoms with Gasteiger partial charge in [-0.3, -0.25) is 0 Å². The number of hydrogen-bond donors (Lipinski definition) is 2. The highest BCUT2D eigenvalue weighted by molar-refractivity contribution is 6.08. The van der Waals surface area contributed by atoms with Gasteiger partial charge in [-0.2, -0.15) is 0 Å². The van der Waals surface area contributed by atoms with Gasteiger partial charge in [0, 0.05) is 6.21 Å². The van der Waals surface area contributed by atoms with Crippen molar-refractivity contribution in [3.63, 3.8) is 0 Å². The Hall–Kier alpha value is -1.52. The van der Waals surface area contributed by atoms with E-state index >= 15 is 0 Å². The van der Waals surface area contributed by atoms with Gasteiger partial charge in [-0.25, -0.2) is 4.79 Å². The molecule has 0 unspecified atom stereocenters. The number of methoxy groups -OCH3 is 1. The van der Waals surface area contributed by atoms with E-state index in [0.717, 1.165) is 6.21 Å². The second-order valence-corrected chi connectivity index (χ2v) is 1.85. The summed E-state index contributed by atoms with van der Waals surface area (Å²) < 4.78 is 9.19. The van der Waals surface area contributed by atoms with Crippen LogP contribution in [0.15, 0.2) is 11.5 Å². The molecule has 0 aromatic carbocycles. The van der Waals surface area contributed by atoms with Crippen LogP contribution in [0.2, 0.25) is 0 Å². The summed E-state index contributed by atoms with van der Waals surface area (Å²) in [6.07, 6.45) is 0.802. The lowest BCUT2D eigenvalue weighted by Crippen LogP contribution is -2.15. The van der Waals surface area contributed by atoms with Crippen molar-refractivity contribution >= 4 is 12.2 Å². The monoisotopic (exact) mass is 172 g/mol. The Kier molecular flexibility index (Phi) is 4.52. The molecule has 68 valence electrons. The van der Waals surface area contributed by atoms with E-state index in [2.05, 4.69) is 9.47 Å². The lowest BCUT2D eigenvalue weighted by Gasteiger charge is -2.04. The predicted octanol–water partition coefficient (Wildman–Crippen LogP) is 0.0158. The molecule has 12 heavy (non-hydrogen) atoms. The van der Waals surface area contributed by atoms with Gasteiger partial charge in [-0.15, -0.1) is 0 Å². The Morgan fingerprint density at radius 1 is 1.67 bits per heavy atom. The molecule has 5 heteroatoms. The normalized spacial score (nSPS) is 11.5. The molecule has 3 N–H and O–H groups in total. The van der Waals surface area contributed by atoms with Crippen LogP contribution in [0, 0.1) is 5.41 Å². The van der Waals surface area contributed by atoms with Gasteiger partial charge < -0.3 is 20.6 Å². The molecule has 0 aliphatic carbocycles. The van der Waals surface area contributed by atoms with Gasteiger partial charge in [0.1, 0.15) is 5.57 Å². The standard InChI is InChI=1S/C7H12N2O3/c1-3-12-7(10)5(4-8)6(9)11-2/h4,8H,3,9H2,1-2H3. The average Bonchev–Trinajstić information content (AvgIpc) is 2.06. The zero-order valence-electron chi connectivity index (χ0n) is 7.09. The molecule has 0 heterocycles. The first kappa shape index (κ1) is 10.5. The van der Waals surface area contributed by atoms with Crippen molar-refractivity contribution in [3.8, 4) is 0 Å². The fourth-order valence-electron chi connectivity index (χ4n) is 0.549. The number of nitrogens with two attached hydrogens (primary N) is 1. The molecule has 0 aliphatic heterocycles. The number of carbonyl (C=O) groups is 1. The van der Waals surface area contributed by atoms with Crippen molar-refractivity contribution < 1.29 is 14.3 Å². The van der Waals surface area contributed by atoms with Gasteiger partial charge in [-0.05, 0) is 6.92 Å². The quantitative estimate of drug-likeness (QED) is 0.271. The molecule has 0 bridgehead atoms. The molecular formula is C7H12N2O3. The van der Waals surface area contributed by atoms with E-state index in [1.807, 2.05) is 0 Å². The molecule has 0 spiro atoms. The smallest absolute Gasteiger partial charge is 0.345 e. The Bertz CT molecular complexity index is 211. The van der Waals surface area contributed by atoms with E-state index in [1.54, 1.807) is 6.92 Å². The van der Waals surface area contributed by atoms with Crippen LogP contribution in [-0.4, -0.2) is 25.9 Å².